The topological polar surface area (TPSA) is 89.6 Å². The lowest BCUT2D eigenvalue weighted by Crippen LogP contribution is -2.43. The molecule has 4 aromatic rings. The largest absolute Gasteiger partial charge is 0.472 e. The van der Waals surface area contributed by atoms with Crippen molar-refractivity contribution >= 4 is 23.0 Å². The molecule has 2 aliphatic rings. The van der Waals surface area contributed by atoms with Crippen molar-refractivity contribution in [1.82, 2.24) is 19.9 Å². The second-order valence-corrected chi connectivity index (χ2v) is 8.58. The summed E-state index contributed by atoms with van der Waals surface area (Å²) in [5.41, 5.74) is 3.56. The SMILES string of the molecule is O=C(/C=C/c1ccccc1)N1CCC[C@@H](Oc2ncnc3[nH]cc(-c4ccc5c(c4)OCO5)c23)C1. The second kappa shape index (κ2) is 9.13. The van der Waals surface area contributed by atoms with Gasteiger partial charge in [-0.2, -0.15) is 0 Å². The van der Waals surface area contributed by atoms with Crippen molar-refractivity contribution in [2.24, 2.45) is 0 Å². The minimum absolute atomic E-state index is 0.0160. The van der Waals surface area contributed by atoms with Crippen molar-refractivity contribution in [2.45, 2.75) is 18.9 Å². The standard InChI is InChI=1S/C27H24N4O4/c32-24(11-8-18-5-2-1-3-6-18)31-12-4-7-20(15-31)35-27-25-21(14-28-26(25)29-16-30-27)19-9-10-22-23(13-19)34-17-33-22/h1-3,5-6,8-11,13-14,16,20H,4,7,12,15,17H2,(H,28,29,30)/b11-8+/t20-/m1/s1. The maximum Gasteiger partial charge on any atom is 0.246 e. The normalized spacial score (nSPS) is 17.3. The molecule has 0 radical (unpaired) electrons. The average Bonchev–Trinajstić information content (AvgIpc) is 3.55. The molecule has 0 aliphatic carbocycles. The number of hydrogen-bond acceptors (Lipinski definition) is 6. The minimum atomic E-state index is -0.157. The van der Waals surface area contributed by atoms with E-state index in [1.165, 1.54) is 6.33 Å². The van der Waals surface area contributed by atoms with Crippen LogP contribution in [0.1, 0.15) is 18.4 Å². The third-order valence-electron chi connectivity index (χ3n) is 6.30. The first-order valence-electron chi connectivity index (χ1n) is 11.7. The smallest absolute Gasteiger partial charge is 0.246 e. The molecule has 1 atom stereocenters. The summed E-state index contributed by atoms with van der Waals surface area (Å²) in [6.07, 6.45) is 8.42. The molecule has 1 amide bonds. The van der Waals surface area contributed by atoms with Crippen LogP contribution in [-0.4, -0.2) is 51.7 Å². The van der Waals surface area contributed by atoms with Crippen LogP contribution in [0.25, 0.3) is 28.2 Å². The van der Waals surface area contributed by atoms with E-state index in [1.54, 1.807) is 6.08 Å². The predicted octanol–water partition coefficient (Wildman–Crippen LogP) is 4.44. The molecule has 0 unspecified atom stereocenters. The van der Waals surface area contributed by atoms with E-state index in [1.807, 2.05) is 65.7 Å². The van der Waals surface area contributed by atoms with E-state index < -0.39 is 0 Å². The highest BCUT2D eigenvalue weighted by molar-refractivity contribution is 5.97. The zero-order valence-electron chi connectivity index (χ0n) is 19.0. The van der Waals surface area contributed by atoms with Gasteiger partial charge in [-0.15, -0.1) is 0 Å². The highest BCUT2D eigenvalue weighted by Gasteiger charge is 2.26. The number of H-pyrrole nitrogens is 1. The fraction of sp³-hybridized carbons (Fsp3) is 0.222. The van der Waals surface area contributed by atoms with Crippen molar-refractivity contribution in [3.8, 4) is 28.5 Å². The van der Waals surface area contributed by atoms with Crippen molar-refractivity contribution in [3.05, 3.63) is 72.7 Å². The van der Waals surface area contributed by atoms with Gasteiger partial charge in [-0.25, -0.2) is 9.97 Å². The zero-order valence-corrected chi connectivity index (χ0v) is 19.0. The van der Waals surface area contributed by atoms with E-state index in [0.29, 0.717) is 30.4 Å². The lowest BCUT2D eigenvalue weighted by atomic mass is 10.1. The third kappa shape index (κ3) is 4.30. The van der Waals surface area contributed by atoms with Gasteiger partial charge in [0.05, 0.1) is 11.9 Å². The molecular formula is C27H24N4O4. The summed E-state index contributed by atoms with van der Waals surface area (Å²) in [7, 11) is 0. The molecular weight excluding hydrogens is 444 g/mol. The molecule has 4 heterocycles. The number of benzene rings is 2. The summed E-state index contributed by atoms with van der Waals surface area (Å²) in [5, 5.41) is 0.804. The van der Waals surface area contributed by atoms with E-state index in [2.05, 4.69) is 15.0 Å². The summed E-state index contributed by atoms with van der Waals surface area (Å²) < 4.78 is 17.4. The predicted molar refractivity (Wildman–Crippen MR) is 131 cm³/mol. The number of carbonyl (C=O) groups is 1. The molecule has 2 aromatic heterocycles. The van der Waals surface area contributed by atoms with Crippen molar-refractivity contribution < 1.29 is 19.0 Å². The Morgan fingerprint density at radius 2 is 2.00 bits per heavy atom. The van der Waals surface area contributed by atoms with Gasteiger partial charge in [0.2, 0.25) is 18.6 Å². The fourth-order valence-electron chi connectivity index (χ4n) is 4.54. The molecule has 8 nitrogen and oxygen atoms in total. The summed E-state index contributed by atoms with van der Waals surface area (Å²) in [6, 6.07) is 15.6. The van der Waals surface area contributed by atoms with Crippen LogP contribution in [0, 0.1) is 0 Å². The number of amides is 1. The first-order chi connectivity index (χ1) is 17.2. The molecule has 0 bridgehead atoms. The summed E-state index contributed by atoms with van der Waals surface area (Å²) >= 11 is 0. The summed E-state index contributed by atoms with van der Waals surface area (Å²) in [4.78, 5) is 26.7. The van der Waals surface area contributed by atoms with Gasteiger partial charge < -0.3 is 24.1 Å². The second-order valence-electron chi connectivity index (χ2n) is 8.58. The van der Waals surface area contributed by atoms with Crippen LogP contribution in [0.4, 0.5) is 0 Å². The number of hydrogen-bond donors (Lipinski definition) is 1. The van der Waals surface area contributed by atoms with Gasteiger partial charge in [-0.1, -0.05) is 36.4 Å². The Balaban J connectivity index is 1.22. The molecule has 2 aromatic carbocycles. The van der Waals surface area contributed by atoms with Gasteiger partial charge in [0.25, 0.3) is 0 Å². The lowest BCUT2D eigenvalue weighted by Gasteiger charge is -2.32. The third-order valence-corrected chi connectivity index (χ3v) is 6.30. The van der Waals surface area contributed by atoms with E-state index in [9.17, 15) is 4.79 Å². The number of nitrogens with one attached hydrogen (secondary N) is 1. The van der Waals surface area contributed by atoms with Crippen LogP contribution in [0.2, 0.25) is 0 Å². The summed E-state index contributed by atoms with van der Waals surface area (Å²) in [6.45, 7) is 1.44. The molecule has 2 aliphatic heterocycles. The molecule has 176 valence electrons. The number of carbonyl (C=O) groups excluding carboxylic acids is 1. The van der Waals surface area contributed by atoms with Gasteiger partial charge in [0.1, 0.15) is 18.1 Å². The Morgan fingerprint density at radius 1 is 1.11 bits per heavy atom. The number of rotatable bonds is 5. The molecule has 1 saturated heterocycles. The van der Waals surface area contributed by atoms with Crippen LogP contribution >= 0.6 is 0 Å². The molecule has 0 saturated carbocycles. The first kappa shape index (κ1) is 21.2. The van der Waals surface area contributed by atoms with Crippen molar-refractivity contribution in [2.75, 3.05) is 19.9 Å². The number of aromatic amines is 1. The summed E-state index contributed by atoms with van der Waals surface area (Å²) in [5.74, 6) is 1.93. The molecule has 6 rings (SSSR count). The number of piperidine rings is 1. The monoisotopic (exact) mass is 468 g/mol. The molecule has 1 N–H and O–H groups in total. The van der Waals surface area contributed by atoms with Gasteiger partial charge in [0, 0.05) is 24.4 Å². The quantitative estimate of drug-likeness (QED) is 0.436. The van der Waals surface area contributed by atoms with Crippen LogP contribution in [-0.2, 0) is 4.79 Å². The molecule has 1 fully saturated rings. The Kier molecular flexibility index (Phi) is 5.54. The van der Waals surface area contributed by atoms with Crippen molar-refractivity contribution in [3.63, 3.8) is 0 Å². The fourth-order valence-corrected chi connectivity index (χ4v) is 4.54. The van der Waals surface area contributed by atoms with Crippen LogP contribution in [0.3, 0.4) is 0 Å². The lowest BCUT2D eigenvalue weighted by molar-refractivity contribution is -0.128. The Hall–Kier alpha value is -4.33. The Labute approximate surface area is 202 Å². The number of nitrogens with zero attached hydrogens (tertiary/aromatic N) is 3. The number of fused-ring (bicyclic) bond motifs is 2. The average molecular weight is 469 g/mol. The first-order valence-corrected chi connectivity index (χ1v) is 11.7. The van der Waals surface area contributed by atoms with E-state index in [0.717, 1.165) is 40.7 Å². The maximum absolute atomic E-state index is 12.8. The Bertz CT molecular complexity index is 1400. The van der Waals surface area contributed by atoms with E-state index in [-0.39, 0.29) is 18.8 Å². The van der Waals surface area contributed by atoms with Gasteiger partial charge in [-0.3, -0.25) is 4.79 Å². The zero-order chi connectivity index (χ0) is 23.6. The number of ether oxygens (including phenoxy) is 3. The van der Waals surface area contributed by atoms with Gasteiger partial charge >= 0.3 is 0 Å². The van der Waals surface area contributed by atoms with Crippen LogP contribution < -0.4 is 14.2 Å². The maximum atomic E-state index is 12.8. The molecule has 35 heavy (non-hydrogen) atoms. The van der Waals surface area contributed by atoms with E-state index >= 15 is 0 Å². The van der Waals surface area contributed by atoms with Gasteiger partial charge in [0.15, 0.2) is 11.5 Å². The van der Waals surface area contributed by atoms with E-state index in [4.69, 9.17) is 14.2 Å². The van der Waals surface area contributed by atoms with Gasteiger partial charge in [-0.05, 0) is 42.2 Å². The number of likely N-dealkylation sites (tertiary alicyclic amines) is 1. The highest BCUT2D eigenvalue weighted by Crippen LogP contribution is 2.39. The van der Waals surface area contributed by atoms with Crippen LogP contribution in [0.15, 0.2) is 67.1 Å². The number of aromatic nitrogens is 3. The molecule has 8 heteroatoms. The highest BCUT2D eigenvalue weighted by atomic mass is 16.7. The minimum Gasteiger partial charge on any atom is -0.472 e. The Morgan fingerprint density at radius 3 is 2.91 bits per heavy atom. The van der Waals surface area contributed by atoms with Crippen molar-refractivity contribution in [1.29, 1.82) is 0 Å². The molecule has 0 spiro atoms. The van der Waals surface area contributed by atoms with Crippen LogP contribution in [0.5, 0.6) is 17.4 Å².